The minimum atomic E-state index is 0.160. The van der Waals surface area contributed by atoms with Crippen molar-refractivity contribution in [3.63, 3.8) is 0 Å². The molecule has 2 heterocycles. The molecule has 11 aliphatic rings. The Morgan fingerprint density at radius 3 is 1.25 bits per heavy atom. The van der Waals surface area contributed by atoms with E-state index in [9.17, 15) is 5.21 Å². The van der Waals surface area contributed by atoms with Crippen LogP contribution in [0.1, 0.15) is 232 Å². The third-order valence-electron chi connectivity index (χ3n) is 21.9. The van der Waals surface area contributed by atoms with E-state index in [-0.39, 0.29) is 4.65 Å². The summed E-state index contributed by atoms with van der Waals surface area (Å²) in [5, 5.41) is 9.93. The molecule has 430 valence electrons. The molecular weight excluding hydrogens is 981 g/mol. The Bertz CT molecular complexity index is 3050. The molecule has 6 aromatic rings. The van der Waals surface area contributed by atoms with Crippen LogP contribution in [0.5, 0.6) is 0 Å². The lowest BCUT2D eigenvalue weighted by molar-refractivity contribution is -1.09. The highest BCUT2D eigenvalue weighted by molar-refractivity contribution is 5.43. The normalized spacial score (nSPS) is 27.8. The smallest absolute Gasteiger partial charge is 0.112 e. The number of fused-ring (bicyclic) bond motifs is 18. The van der Waals surface area contributed by atoms with Crippen molar-refractivity contribution in [1.82, 2.24) is 0 Å². The molecule has 9 unspecified atom stereocenters. The van der Waals surface area contributed by atoms with Crippen LogP contribution < -0.4 is 0 Å². The number of likely N-dealkylation sites (N-methyl/N-ethyl adjacent to an activating group) is 2. The molecule has 3 nitrogen and oxygen atoms in total. The molecule has 2 aliphatic heterocycles. The van der Waals surface area contributed by atoms with Crippen molar-refractivity contribution >= 4 is 0 Å². The van der Waals surface area contributed by atoms with Crippen molar-refractivity contribution in [2.45, 2.75) is 212 Å². The standard InChI is InChI=1S/C14H18.C13H20N.3C13H16.C12H18NO/c1-10-5-8-13-11-3-2-4-12(7-6-11)14(13)9-10;1-11-4-5-12-6-8-14(2,3)9-7-13(12)10-11;1-9-2-5-13-11-4-3-10(7-11)8-12(13)6-9;1-9-2-4-11-7-10-3-5-12(8-10)13(11)6-9;1-9-5-6-12-10-3-2-4-11(8-10)13(12)7-9;1-10-3-4-11-5-7-13(2,14)8-6-12(11)9-10/h5,8-9,11-12H,2-4,6-7H2,1H3;4-5,10H,6-9H2,1-3H3;2,5-6,10-11H,3-4,7-8H2,1H3;2,4,6,10,12H,3,5,7-8H2,1H3;5-7,10-11H,2-4,8H2,1H3;3-4,9,14H,5-8H2,1-2H3/q;+1;;;;+1. The largest absolute Gasteiger partial charge is 0.328 e. The van der Waals surface area contributed by atoms with Crippen molar-refractivity contribution in [2.24, 2.45) is 11.8 Å². The maximum atomic E-state index is 9.93. The summed E-state index contributed by atoms with van der Waals surface area (Å²) in [4.78, 5) is 0. The van der Waals surface area contributed by atoms with Gasteiger partial charge < -0.3 is 4.48 Å². The second-order valence-electron chi connectivity index (χ2n) is 29.0. The quantitative estimate of drug-likeness (QED) is 0.150. The van der Waals surface area contributed by atoms with Crippen LogP contribution in [0.4, 0.5) is 0 Å². The molecule has 0 amide bonds. The van der Waals surface area contributed by atoms with Crippen molar-refractivity contribution in [2.75, 3.05) is 47.3 Å². The first-order valence-electron chi connectivity index (χ1n) is 32.9. The van der Waals surface area contributed by atoms with Crippen LogP contribution in [-0.4, -0.2) is 61.7 Å². The van der Waals surface area contributed by atoms with E-state index in [2.05, 4.69) is 165 Å². The van der Waals surface area contributed by atoms with Crippen LogP contribution >= 0.6 is 0 Å². The average Bonchev–Trinajstić information content (AvgIpc) is 3.95. The van der Waals surface area contributed by atoms with E-state index in [0.29, 0.717) is 0 Å². The highest BCUT2D eigenvalue weighted by atomic mass is 16.5. The Labute approximate surface area is 492 Å². The molecule has 0 aromatic heterocycles. The van der Waals surface area contributed by atoms with Gasteiger partial charge in [-0.3, -0.25) is 0 Å². The molecule has 0 saturated heterocycles. The lowest BCUT2D eigenvalue weighted by Gasteiger charge is -2.27. The Morgan fingerprint density at radius 2 is 0.667 bits per heavy atom. The monoisotopic (exact) mass is 1080 g/mol. The summed E-state index contributed by atoms with van der Waals surface area (Å²) in [6.45, 7) is 17.4. The first-order valence-corrected chi connectivity index (χ1v) is 32.9. The fourth-order valence-electron chi connectivity index (χ4n) is 17.1. The molecule has 0 spiro atoms. The lowest BCUT2D eigenvalue weighted by atomic mass is 9.78. The highest BCUT2D eigenvalue weighted by Gasteiger charge is 2.36. The second kappa shape index (κ2) is 25.2. The van der Waals surface area contributed by atoms with Gasteiger partial charge in [0.1, 0.15) is 13.1 Å². The minimum absolute atomic E-state index is 0.160. The average molecular weight is 1090 g/mol. The predicted molar refractivity (Wildman–Crippen MR) is 342 cm³/mol. The third-order valence-corrected chi connectivity index (χ3v) is 21.9. The van der Waals surface area contributed by atoms with Crippen molar-refractivity contribution in [1.29, 1.82) is 0 Å². The Kier molecular flexibility index (Phi) is 18.0. The van der Waals surface area contributed by atoms with Crippen molar-refractivity contribution < 1.29 is 14.3 Å². The number of hydrogen-bond acceptors (Lipinski definition) is 1. The molecule has 6 aromatic carbocycles. The van der Waals surface area contributed by atoms with Crippen LogP contribution in [0.15, 0.2) is 109 Å². The summed E-state index contributed by atoms with van der Waals surface area (Å²) >= 11 is 0. The predicted octanol–water partition coefficient (Wildman–Crippen LogP) is 18.9. The first kappa shape index (κ1) is 58.0. The Hall–Kier alpha value is -4.80. The van der Waals surface area contributed by atoms with Gasteiger partial charge in [-0.05, 0) is 252 Å². The van der Waals surface area contributed by atoms with E-state index in [1.165, 1.54) is 180 Å². The number of quaternary nitrogens is 2. The van der Waals surface area contributed by atoms with Crippen LogP contribution in [0.25, 0.3) is 0 Å². The fraction of sp³-hybridized carbons (Fsp3) is 0.538. The summed E-state index contributed by atoms with van der Waals surface area (Å²) in [5.41, 5.74) is 27.8. The van der Waals surface area contributed by atoms with Crippen molar-refractivity contribution in [3.8, 4) is 0 Å². The molecule has 0 radical (unpaired) electrons. The van der Waals surface area contributed by atoms with Gasteiger partial charge in [0.25, 0.3) is 0 Å². The zero-order valence-electron chi connectivity index (χ0n) is 52.0. The molecule has 4 saturated carbocycles. The van der Waals surface area contributed by atoms with E-state index < -0.39 is 0 Å². The van der Waals surface area contributed by atoms with Gasteiger partial charge in [0.15, 0.2) is 0 Å². The SMILES string of the molecule is Cc1ccc2c(c1)C1CCC(C2)C1.Cc1ccc2c(c1)C1CCCC2C1.Cc1ccc2c(c1)C1CCCC2CC1.Cc1ccc2c(c1)CC1CCC2C1.Cc1ccc2c(c1)CC[N+](C)(C)CC2.Cc1ccc2c(c1)CC[N+](C)(O)CC2. The Morgan fingerprint density at radius 1 is 0.309 bits per heavy atom. The molecule has 8 bridgehead atoms. The van der Waals surface area contributed by atoms with Crippen LogP contribution in [0.2, 0.25) is 0 Å². The molecule has 3 heteroatoms. The number of rotatable bonds is 0. The van der Waals surface area contributed by atoms with E-state index >= 15 is 0 Å². The fourth-order valence-corrected chi connectivity index (χ4v) is 17.1. The van der Waals surface area contributed by atoms with Crippen LogP contribution in [0, 0.1) is 53.4 Å². The first-order chi connectivity index (χ1) is 39.0. The topological polar surface area (TPSA) is 20.2 Å². The van der Waals surface area contributed by atoms with Gasteiger partial charge in [-0.1, -0.05) is 155 Å². The molecule has 1 N–H and O–H groups in total. The molecule has 4 fully saturated rings. The maximum absolute atomic E-state index is 9.93. The van der Waals surface area contributed by atoms with E-state index in [1.54, 1.807) is 55.6 Å². The zero-order valence-corrected chi connectivity index (χ0v) is 52.0. The summed E-state index contributed by atoms with van der Waals surface area (Å²) in [7, 11) is 6.55. The molecular formula is C78H104N2O+2. The summed E-state index contributed by atoms with van der Waals surface area (Å²) in [5.74, 6) is 7.46. The summed E-state index contributed by atoms with van der Waals surface area (Å²) in [6.07, 6.45) is 28.9. The number of hydrogen-bond donors (Lipinski definition) is 1. The van der Waals surface area contributed by atoms with Crippen LogP contribution in [0.3, 0.4) is 0 Å². The van der Waals surface area contributed by atoms with Gasteiger partial charge in [0.2, 0.25) is 0 Å². The van der Waals surface area contributed by atoms with E-state index in [0.717, 1.165) is 77.8 Å². The number of benzene rings is 6. The molecule has 9 atom stereocenters. The molecule has 81 heavy (non-hydrogen) atoms. The number of hydroxylamine groups is 3. The van der Waals surface area contributed by atoms with Gasteiger partial charge >= 0.3 is 0 Å². The van der Waals surface area contributed by atoms with Gasteiger partial charge in [0.05, 0.1) is 34.2 Å². The lowest BCUT2D eigenvalue weighted by Crippen LogP contribution is -2.42. The number of aryl methyl sites for hydroxylation is 6. The maximum Gasteiger partial charge on any atom is 0.112 e. The van der Waals surface area contributed by atoms with Crippen molar-refractivity contribution in [3.05, 3.63) is 209 Å². The molecule has 17 rings (SSSR count). The van der Waals surface area contributed by atoms with Gasteiger partial charge in [0, 0.05) is 25.7 Å². The summed E-state index contributed by atoms with van der Waals surface area (Å²) in [6, 6.07) is 41.8. The van der Waals surface area contributed by atoms with Gasteiger partial charge in [-0.2, -0.15) is 4.65 Å². The minimum Gasteiger partial charge on any atom is -0.328 e. The highest BCUT2D eigenvalue weighted by Crippen LogP contribution is 2.51. The van der Waals surface area contributed by atoms with Gasteiger partial charge in [-0.25, -0.2) is 5.21 Å². The molecule has 9 aliphatic carbocycles. The van der Waals surface area contributed by atoms with Gasteiger partial charge in [-0.15, -0.1) is 0 Å². The summed E-state index contributed by atoms with van der Waals surface area (Å²) < 4.78 is 1.32. The third kappa shape index (κ3) is 14.2. The van der Waals surface area contributed by atoms with Crippen LogP contribution in [-0.2, 0) is 38.5 Å². The second-order valence-corrected chi connectivity index (χ2v) is 29.0. The van der Waals surface area contributed by atoms with E-state index in [1.807, 2.05) is 7.05 Å². The zero-order chi connectivity index (χ0) is 56.4. The Balaban J connectivity index is 0.000000102. The van der Waals surface area contributed by atoms with E-state index in [4.69, 9.17) is 0 Å². The number of nitrogens with zero attached hydrogens (tertiary/aromatic N) is 2.